The Morgan fingerprint density at radius 1 is 0.857 bits per heavy atom. The molecule has 4 nitrogen and oxygen atoms in total. The minimum absolute atomic E-state index is 0.216. The largest absolute Gasteiger partial charge is 0.352 e. The molecule has 0 aliphatic rings. The highest BCUT2D eigenvalue weighted by molar-refractivity contribution is 6.30. The summed E-state index contributed by atoms with van der Waals surface area (Å²) in [6.07, 6.45) is 0.680. The lowest BCUT2D eigenvalue weighted by Gasteiger charge is -2.09. The van der Waals surface area contributed by atoms with E-state index in [-0.39, 0.29) is 11.8 Å². The molecule has 0 unspecified atom stereocenters. The molecule has 2 amide bonds. The third-order valence-corrected chi connectivity index (χ3v) is 4.49. The molecule has 3 rings (SSSR count). The molecule has 0 aromatic heterocycles. The first-order valence-corrected chi connectivity index (χ1v) is 9.40. The summed E-state index contributed by atoms with van der Waals surface area (Å²) < 4.78 is 0. The summed E-state index contributed by atoms with van der Waals surface area (Å²) in [7, 11) is 0. The molecular weight excluding hydrogens is 372 g/mol. The van der Waals surface area contributed by atoms with Crippen LogP contribution >= 0.6 is 11.6 Å². The smallest absolute Gasteiger partial charge is 0.255 e. The average molecular weight is 393 g/mol. The molecule has 28 heavy (non-hydrogen) atoms. The summed E-state index contributed by atoms with van der Waals surface area (Å²) in [5.74, 6) is -0.466. The molecule has 3 aromatic rings. The Kier molecular flexibility index (Phi) is 6.45. The summed E-state index contributed by atoms with van der Waals surface area (Å²) >= 11 is 5.97. The van der Waals surface area contributed by atoms with Crippen molar-refractivity contribution in [2.75, 3.05) is 11.9 Å². The number of amides is 2. The van der Waals surface area contributed by atoms with Crippen molar-refractivity contribution in [2.45, 2.75) is 13.3 Å². The van der Waals surface area contributed by atoms with Crippen LogP contribution in [0.3, 0.4) is 0 Å². The molecule has 0 radical (unpaired) electrons. The van der Waals surface area contributed by atoms with Crippen molar-refractivity contribution in [3.63, 3.8) is 0 Å². The van der Waals surface area contributed by atoms with Crippen molar-refractivity contribution < 1.29 is 9.59 Å². The summed E-state index contributed by atoms with van der Waals surface area (Å²) in [6, 6.07) is 21.8. The van der Waals surface area contributed by atoms with Crippen LogP contribution in [0.1, 0.15) is 31.8 Å². The zero-order chi connectivity index (χ0) is 19.9. The van der Waals surface area contributed by atoms with Crippen LogP contribution in [0, 0.1) is 6.92 Å². The van der Waals surface area contributed by atoms with Gasteiger partial charge in [-0.15, -0.1) is 0 Å². The average Bonchev–Trinajstić information content (AvgIpc) is 2.68. The summed E-state index contributed by atoms with van der Waals surface area (Å²) in [5, 5.41) is 6.41. The minimum Gasteiger partial charge on any atom is -0.352 e. The van der Waals surface area contributed by atoms with Gasteiger partial charge in [0.2, 0.25) is 0 Å². The Balaban J connectivity index is 1.60. The van der Waals surface area contributed by atoms with Crippen molar-refractivity contribution in [1.29, 1.82) is 0 Å². The zero-order valence-corrected chi connectivity index (χ0v) is 16.3. The lowest BCUT2D eigenvalue weighted by molar-refractivity contribution is 0.0954. The first-order valence-electron chi connectivity index (χ1n) is 9.02. The topological polar surface area (TPSA) is 58.2 Å². The van der Waals surface area contributed by atoms with Crippen molar-refractivity contribution in [3.05, 3.63) is 100 Å². The van der Waals surface area contributed by atoms with Gasteiger partial charge in [-0.2, -0.15) is 0 Å². The normalized spacial score (nSPS) is 10.4. The number of benzene rings is 3. The van der Waals surface area contributed by atoms with E-state index in [1.807, 2.05) is 55.5 Å². The van der Waals surface area contributed by atoms with Crippen molar-refractivity contribution in [2.24, 2.45) is 0 Å². The summed E-state index contributed by atoms with van der Waals surface area (Å²) in [4.78, 5) is 24.9. The van der Waals surface area contributed by atoms with Crippen LogP contribution in [0.2, 0.25) is 5.02 Å². The highest BCUT2D eigenvalue weighted by atomic mass is 35.5. The molecule has 0 heterocycles. The van der Waals surface area contributed by atoms with E-state index in [9.17, 15) is 9.59 Å². The molecule has 142 valence electrons. The van der Waals surface area contributed by atoms with Gasteiger partial charge in [-0.3, -0.25) is 9.59 Å². The first-order chi connectivity index (χ1) is 13.5. The third kappa shape index (κ3) is 5.44. The molecule has 0 aliphatic carbocycles. The number of carbonyl (C=O) groups is 2. The fourth-order valence-corrected chi connectivity index (χ4v) is 3.06. The number of rotatable bonds is 6. The van der Waals surface area contributed by atoms with Gasteiger partial charge in [-0.1, -0.05) is 41.9 Å². The molecule has 0 bridgehead atoms. The van der Waals surface area contributed by atoms with Gasteiger partial charge in [-0.25, -0.2) is 0 Å². The predicted molar refractivity (Wildman–Crippen MR) is 113 cm³/mol. The number of halogens is 1. The monoisotopic (exact) mass is 392 g/mol. The Morgan fingerprint density at radius 2 is 1.57 bits per heavy atom. The van der Waals surface area contributed by atoms with E-state index in [2.05, 4.69) is 10.6 Å². The van der Waals surface area contributed by atoms with Crippen LogP contribution in [0.5, 0.6) is 0 Å². The molecule has 0 fully saturated rings. The van der Waals surface area contributed by atoms with E-state index in [0.29, 0.717) is 29.1 Å². The number of anilines is 1. The predicted octanol–water partition coefficient (Wildman–Crippen LogP) is 4.87. The van der Waals surface area contributed by atoms with E-state index in [1.165, 1.54) is 0 Å². The fraction of sp³-hybridized carbons (Fsp3) is 0.130. The van der Waals surface area contributed by atoms with E-state index in [4.69, 9.17) is 11.6 Å². The maximum absolute atomic E-state index is 12.5. The second-order valence-electron chi connectivity index (χ2n) is 6.54. The van der Waals surface area contributed by atoms with Crippen LogP contribution in [0.4, 0.5) is 5.69 Å². The first kappa shape index (κ1) is 19.6. The van der Waals surface area contributed by atoms with Crippen LogP contribution in [0.15, 0.2) is 72.8 Å². The highest BCUT2D eigenvalue weighted by Gasteiger charge is 2.11. The molecule has 5 heteroatoms. The highest BCUT2D eigenvalue weighted by Crippen LogP contribution is 2.13. The fourth-order valence-electron chi connectivity index (χ4n) is 2.84. The van der Waals surface area contributed by atoms with Crippen molar-refractivity contribution in [3.8, 4) is 0 Å². The van der Waals surface area contributed by atoms with Crippen molar-refractivity contribution in [1.82, 2.24) is 5.32 Å². The minimum atomic E-state index is -0.251. The van der Waals surface area contributed by atoms with E-state index in [0.717, 1.165) is 16.8 Å². The second-order valence-corrected chi connectivity index (χ2v) is 6.98. The molecular formula is C23H21ClN2O2. The van der Waals surface area contributed by atoms with Crippen LogP contribution in [-0.2, 0) is 6.42 Å². The Labute approximate surface area is 169 Å². The van der Waals surface area contributed by atoms with E-state index in [1.54, 1.807) is 24.3 Å². The van der Waals surface area contributed by atoms with Gasteiger partial charge < -0.3 is 10.6 Å². The lowest BCUT2D eigenvalue weighted by atomic mass is 10.1. The zero-order valence-electron chi connectivity index (χ0n) is 15.5. The molecule has 0 aliphatic heterocycles. The lowest BCUT2D eigenvalue weighted by Crippen LogP contribution is -2.26. The van der Waals surface area contributed by atoms with Crippen LogP contribution in [-0.4, -0.2) is 18.4 Å². The third-order valence-electron chi connectivity index (χ3n) is 4.25. The standard InChI is InChI=1S/C23H21ClN2O2/c1-16-5-2-10-21(13-16)26-23(28)19-8-4-7-18(15-19)22(27)25-12-11-17-6-3-9-20(24)14-17/h2-10,13-15H,11-12H2,1H3,(H,25,27)(H,26,28). The Hall–Kier alpha value is -3.11. The van der Waals surface area contributed by atoms with Gasteiger partial charge in [-0.05, 0) is 66.9 Å². The van der Waals surface area contributed by atoms with E-state index < -0.39 is 0 Å². The van der Waals surface area contributed by atoms with Gasteiger partial charge >= 0.3 is 0 Å². The van der Waals surface area contributed by atoms with Gasteiger partial charge in [0.25, 0.3) is 11.8 Å². The molecule has 2 N–H and O–H groups in total. The number of carbonyl (C=O) groups excluding carboxylic acids is 2. The maximum atomic E-state index is 12.5. The number of aryl methyl sites for hydroxylation is 1. The molecule has 0 saturated carbocycles. The maximum Gasteiger partial charge on any atom is 0.255 e. The van der Waals surface area contributed by atoms with Gasteiger partial charge in [0, 0.05) is 28.4 Å². The Bertz CT molecular complexity index is 1000. The number of nitrogens with one attached hydrogen (secondary N) is 2. The van der Waals surface area contributed by atoms with Gasteiger partial charge in [0.05, 0.1) is 0 Å². The number of hydrogen-bond acceptors (Lipinski definition) is 2. The van der Waals surface area contributed by atoms with E-state index >= 15 is 0 Å². The van der Waals surface area contributed by atoms with Gasteiger partial charge in [0.1, 0.15) is 0 Å². The molecule has 0 saturated heterocycles. The summed E-state index contributed by atoms with van der Waals surface area (Å²) in [6.45, 7) is 2.45. The second kappa shape index (κ2) is 9.20. The SMILES string of the molecule is Cc1cccc(NC(=O)c2cccc(C(=O)NCCc3cccc(Cl)c3)c2)c1. The van der Waals surface area contributed by atoms with Gasteiger partial charge in [0.15, 0.2) is 0 Å². The Morgan fingerprint density at radius 3 is 2.32 bits per heavy atom. The summed E-state index contributed by atoms with van der Waals surface area (Å²) in [5.41, 5.74) is 3.72. The quantitative estimate of drug-likeness (QED) is 0.628. The molecule has 0 spiro atoms. The number of hydrogen-bond donors (Lipinski definition) is 2. The molecule has 3 aromatic carbocycles. The van der Waals surface area contributed by atoms with Crippen LogP contribution in [0.25, 0.3) is 0 Å². The molecule has 0 atom stereocenters. The van der Waals surface area contributed by atoms with Crippen LogP contribution < -0.4 is 10.6 Å². The van der Waals surface area contributed by atoms with Crippen molar-refractivity contribution >= 4 is 29.1 Å².